The normalized spacial score (nSPS) is 14.0. The van der Waals surface area contributed by atoms with E-state index in [1.807, 2.05) is 0 Å². The average Bonchev–Trinajstić information content (AvgIpc) is 3.22. The van der Waals surface area contributed by atoms with E-state index in [1.165, 1.54) is 48.5 Å². The summed E-state index contributed by atoms with van der Waals surface area (Å²) in [6.07, 6.45) is -19.2. The highest BCUT2D eigenvalue weighted by Gasteiger charge is 2.67. The van der Waals surface area contributed by atoms with E-state index in [0.29, 0.717) is 52.1 Å². The Morgan fingerprint density at radius 2 is 1.06 bits per heavy atom. The van der Waals surface area contributed by atoms with E-state index in [2.05, 4.69) is 4.74 Å². The molecular formula is C47H38ClF9O6. The van der Waals surface area contributed by atoms with Gasteiger partial charge in [0.25, 0.3) is 0 Å². The Bertz CT molecular complexity index is 2360. The summed E-state index contributed by atoms with van der Waals surface area (Å²) < 4.78 is 169. The third kappa shape index (κ3) is 12.4. The van der Waals surface area contributed by atoms with Gasteiger partial charge in [0.15, 0.2) is 0 Å². The summed E-state index contributed by atoms with van der Waals surface area (Å²) >= 11 is 5.97. The average molecular weight is 905 g/mol. The Morgan fingerprint density at radius 1 is 0.540 bits per heavy atom. The molecule has 0 fully saturated rings. The molecule has 0 aliphatic carbocycles. The molecule has 0 heterocycles. The number of benzene rings is 6. The summed E-state index contributed by atoms with van der Waals surface area (Å²) in [5, 5.41) is 0.424. The van der Waals surface area contributed by atoms with Gasteiger partial charge in [0.2, 0.25) is 0 Å². The first-order valence-corrected chi connectivity index (χ1v) is 19.6. The van der Waals surface area contributed by atoms with Crippen molar-refractivity contribution in [1.29, 1.82) is 0 Å². The summed E-state index contributed by atoms with van der Waals surface area (Å²) in [6, 6.07) is 33.5. The van der Waals surface area contributed by atoms with Crippen LogP contribution in [0, 0.1) is 0 Å². The summed E-state index contributed by atoms with van der Waals surface area (Å²) in [4.78, 5) is 0. The zero-order valence-electron chi connectivity index (χ0n) is 33.1. The van der Waals surface area contributed by atoms with Gasteiger partial charge in [-0.15, -0.1) is 13.2 Å². The lowest BCUT2D eigenvalue weighted by molar-refractivity contribution is -0.275. The van der Waals surface area contributed by atoms with Gasteiger partial charge in [-0.25, -0.2) is 0 Å². The van der Waals surface area contributed by atoms with Gasteiger partial charge < -0.3 is 28.4 Å². The first kappa shape index (κ1) is 46.6. The maximum absolute atomic E-state index is 16.4. The molecule has 6 aromatic rings. The van der Waals surface area contributed by atoms with Crippen molar-refractivity contribution in [3.05, 3.63) is 179 Å². The zero-order chi connectivity index (χ0) is 45.3. The SMILES string of the molecule is CCOc1ccc(C(C(OCc2cccc(Oc3ccc(Cl)cc3)c2)C(COCc2cccc(Oc3ccccc3)c2)(c2ccc(OC(F)(F)F)cc2)C(F)(F)F)C(F)(F)F)cc1. The molecule has 0 spiro atoms. The predicted octanol–water partition coefficient (Wildman–Crippen LogP) is 14.2. The number of rotatable bonds is 18. The van der Waals surface area contributed by atoms with Crippen LogP contribution >= 0.6 is 11.6 Å². The molecule has 0 aromatic heterocycles. The highest BCUT2D eigenvalue weighted by atomic mass is 35.5. The van der Waals surface area contributed by atoms with Crippen molar-refractivity contribution in [3.8, 4) is 34.5 Å². The fraction of sp³-hybridized carbons (Fsp3) is 0.234. The zero-order valence-corrected chi connectivity index (χ0v) is 33.9. The van der Waals surface area contributed by atoms with E-state index in [9.17, 15) is 13.2 Å². The molecule has 0 radical (unpaired) electrons. The molecule has 0 N–H and O–H groups in total. The third-order valence-corrected chi connectivity index (χ3v) is 9.91. The second-order valence-electron chi connectivity index (χ2n) is 14.1. The minimum absolute atomic E-state index is 0.125. The van der Waals surface area contributed by atoms with Gasteiger partial charge in [-0.1, -0.05) is 78.3 Å². The second kappa shape index (κ2) is 20.1. The van der Waals surface area contributed by atoms with E-state index in [1.54, 1.807) is 73.7 Å². The van der Waals surface area contributed by atoms with Gasteiger partial charge in [-0.05, 0) is 114 Å². The van der Waals surface area contributed by atoms with E-state index < -0.39 is 72.8 Å². The van der Waals surface area contributed by atoms with Gasteiger partial charge in [0.05, 0.1) is 32.5 Å². The minimum Gasteiger partial charge on any atom is -0.494 e. The van der Waals surface area contributed by atoms with Gasteiger partial charge in [0, 0.05) is 5.02 Å². The van der Waals surface area contributed by atoms with Gasteiger partial charge >= 0.3 is 18.7 Å². The Kier molecular flexibility index (Phi) is 14.9. The Labute approximate surface area is 361 Å². The molecule has 0 amide bonds. The number of halogens is 10. The van der Waals surface area contributed by atoms with Crippen LogP contribution in [0.5, 0.6) is 34.5 Å². The molecule has 3 unspecified atom stereocenters. The molecule has 16 heteroatoms. The summed E-state index contributed by atoms with van der Waals surface area (Å²) in [5.41, 5.74) is -4.82. The molecule has 332 valence electrons. The lowest BCUT2D eigenvalue weighted by atomic mass is 9.69. The number of alkyl halides is 9. The Morgan fingerprint density at radius 3 is 1.60 bits per heavy atom. The predicted molar refractivity (Wildman–Crippen MR) is 216 cm³/mol. The molecule has 0 aliphatic heterocycles. The highest BCUT2D eigenvalue weighted by molar-refractivity contribution is 6.30. The van der Waals surface area contributed by atoms with Crippen molar-refractivity contribution >= 4 is 11.6 Å². The molecule has 3 atom stereocenters. The molecule has 0 saturated carbocycles. The van der Waals surface area contributed by atoms with E-state index >= 15 is 26.3 Å². The lowest BCUT2D eigenvalue weighted by Crippen LogP contribution is -2.59. The van der Waals surface area contributed by atoms with Gasteiger partial charge in [0.1, 0.15) is 45.8 Å². The van der Waals surface area contributed by atoms with Crippen molar-refractivity contribution in [2.45, 2.75) is 56.3 Å². The van der Waals surface area contributed by atoms with Crippen LogP contribution in [0.3, 0.4) is 0 Å². The molecule has 6 nitrogen and oxygen atoms in total. The Balaban J connectivity index is 1.46. The molecule has 63 heavy (non-hydrogen) atoms. The van der Waals surface area contributed by atoms with Crippen LogP contribution in [0.15, 0.2) is 152 Å². The fourth-order valence-electron chi connectivity index (χ4n) is 6.86. The quantitative estimate of drug-likeness (QED) is 0.0801. The molecule has 0 aliphatic rings. The first-order chi connectivity index (χ1) is 29.9. The van der Waals surface area contributed by atoms with Crippen LogP contribution in [0.25, 0.3) is 0 Å². The third-order valence-electron chi connectivity index (χ3n) is 9.65. The highest BCUT2D eigenvalue weighted by Crippen LogP contribution is 2.54. The number of ether oxygens (including phenoxy) is 6. The van der Waals surface area contributed by atoms with Crippen molar-refractivity contribution in [1.82, 2.24) is 0 Å². The van der Waals surface area contributed by atoms with Crippen LogP contribution in [0.2, 0.25) is 5.02 Å². The van der Waals surface area contributed by atoms with Crippen molar-refractivity contribution in [3.63, 3.8) is 0 Å². The lowest BCUT2D eigenvalue weighted by Gasteiger charge is -2.45. The van der Waals surface area contributed by atoms with E-state index in [-0.39, 0.29) is 23.7 Å². The smallest absolute Gasteiger partial charge is 0.494 e. The van der Waals surface area contributed by atoms with Crippen LogP contribution < -0.4 is 18.9 Å². The maximum Gasteiger partial charge on any atom is 0.573 e. The van der Waals surface area contributed by atoms with Crippen LogP contribution in [-0.4, -0.2) is 38.0 Å². The van der Waals surface area contributed by atoms with Crippen LogP contribution in [0.4, 0.5) is 39.5 Å². The Hall–Kier alpha value is -5.90. The van der Waals surface area contributed by atoms with Crippen molar-refractivity contribution in [2.75, 3.05) is 13.2 Å². The monoisotopic (exact) mass is 904 g/mol. The van der Waals surface area contributed by atoms with Gasteiger partial charge in [-0.3, -0.25) is 0 Å². The molecule has 0 bridgehead atoms. The largest absolute Gasteiger partial charge is 0.573 e. The number of para-hydroxylation sites is 1. The molecule has 6 aromatic carbocycles. The summed E-state index contributed by atoms with van der Waals surface area (Å²) in [5.74, 6) is -2.50. The first-order valence-electron chi connectivity index (χ1n) is 19.2. The summed E-state index contributed by atoms with van der Waals surface area (Å²) in [6.45, 7) is -1.08. The van der Waals surface area contributed by atoms with Gasteiger partial charge in [-0.2, -0.15) is 26.3 Å². The van der Waals surface area contributed by atoms with Crippen molar-refractivity contribution in [2.24, 2.45) is 0 Å². The maximum atomic E-state index is 16.4. The van der Waals surface area contributed by atoms with Crippen molar-refractivity contribution < 1.29 is 67.9 Å². The topological polar surface area (TPSA) is 55.4 Å². The van der Waals surface area contributed by atoms with E-state index in [0.717, 1.165) is 12.1 Å². The standard InChI is InChI=1S/C47H38ClF9O6/c1-2-59-36-20-14-33(15-21-36)42(45(49,50)51)43(60-29-32-9-7-13-41(27-32)62-38-24-18-35(48)19-25-38)44(46(52,53)54,34-16-22-39(23-17-34)63-47(55,56)57)30-58-28-31-8-6-12-40(26-31)61-37-10-4-3-5-11-37/h3-27,42-43H,2,28-30H2,1H3. The van der Waals surface area contributed by atoms with Crippen LogP contribution in [-0.2, 0) is 28.1 Å². The number of hydrogen-bond acceptors (Lipinski definition) is 6. The molecule has 6 rings (SSSR count). The molecule has 0 saturated heterocycles. The summed E-state index contributed by atoms with van der Waals surface area (Å²) in [7, 11) is 0. The second-order valence-corrected chi connectivity index (χ2v) is 14.5. The molecular weight excluding hydrogens is 867 g/mol. The van der Waals surface area contributed by atoms with E-state index in [4.69, 9.17) is 35.3 Å². The fourth-order valence-corrected chi connectivity index (χ4v) is 6.99. The number of hydrogen-bond donors (Lipinski definition) is 0. The van der Waals surface area contributed by atoms with Crippen LogP contribution in [0.1, 0.15) is 35.1 Å². The minimum atomic E-state index is -5.63.